The lowest BCUT2D eigenvalue weighted by Gasteiger charge is -2.14. The Balaban J connectivity index is 2.09. The minimum atomic E-state index is -4.77. The summed E-state index contributed by atoms with van der Waals surface area (Å²) in [6.45, 7) is 0. The fourth-order valence-corrected chi connectivity index (χ4v) is 2.48. The van der Waals surface area contributed by atoms with E-state index in [1.807, 2.05) is 0 Å². The maximum absolute atomic E-state index is 12.1. The smallest absolute Gasteiger partial charge is 0.406 e. The average molecular weight is 415 g/mol. The van der Waals surface area contributed by atoms with E-state index in [9.17, 15) is 26.3 Å². The normalized spacial score (nSPS) is 12.3. The van der Waals surface area contributed by atoms with Crippen LogP contribution in [-0.4, -0.2) is 12.7 Å². The summed E-state index contributed by atoms with van der Waals surface area (Å²) in [5, 5.41) is 0. The number of halogens is 7. The second-order valence-electron chi connectivity index (χ2n) is 4.60. The molecule has 0 fully saturated rings. The van der Waals surface area contributed by atoms with Crippen molar-refractivity contribution in [1.29, 1.82) is 0 Å². The van der Waals surface area contributed by atoms with Crippen LogP contribution in [0.2, 0.25) is 0 Å². The zero-order valence-corrected chi connectivity index (χ0v) is 13.2. The van der Waals surface area contributed by atoms with Gasteiger partial charge in [-0.2, -0.15) is 0 Å². The summed E-state index contributed by atoms with van der Waals surface area (Å²) in [7, 11) is 0. The summed E-state index contributed by atoms with van der Waals surface area (Å²) in [5.41, 5.74) is 1.21. The highest BCUT2D eigenvalue weighted by atomic mass is 79.9. The van der Waals surface area contributed by atoms with Gasteiger partial charge in [-0.1, -0.05) is 40.2 Å². The first-order chi connectivity index (χ1) is 11.0. The zero-order valence-electron chi connectivity index (χ0n) is 11.7. The number of ether oxygens (including phenoxy) is 2. The Morgan fingerprint density at radius 3 is 1.17 bits per heavy atom. The van der Waals surface area contributed by atoms with Gasteiger partial charge in [-0.05, 0) is 35.4 Å². The molecule has 9 heteroatoms. The van der Waals surface area contributed by atoms with E-state index in [4.69, 9.17) is 0 Å². The van der Waals surface area contributed by atoms with E-state index in [-0.39, 0.29) is 11.5 Å². The van der Waals surface area contributed by atoms with Crippen LogP contribution in [0.15, 0.2) is 48.5 Å². The molecule has 0 aliphatic carbocycles. The fourth-order valence-electron chi connectivity index (χ4n) is 1.87. The Hall–Kier alpha value is -1.90. The zero-order chi connectivity index (χ0) is 18.0. The van der Waals surface area contributed by atoms with Crippen molar-refractivity contribution in [3.8, 4) is 11.5 Å². The van der Waals surface area contributed by atoms with Crippen molar-refractivity contribution in [3.05, 3.63) is 59.7 Å². The molecular formula is C15H9BrF6O2. The number of rotatable bonds is 4. The molecule has 0 aliphatic heterocycles. The first kappa shape index (κ1) is 18.4. The molecule has 0 N–H and O–H groups in total. The maximum atomic E-state index is 12.1. The quantitative estimate of drug-likeness (QED) is 0.453. The van der Waals surface area contributed by atoms with Crippen LogP contribution < -0.4 is 9.47 Å². The molecule has 2 aromatic rings. The Kier molecular flexibility index (Phi) is 5.32. The molecule has 0 unspecified atom stereocenters. The summed E-state index contributed by atoms with van der Waals surface area (Å²) in [4.78, 5) is -0.419. The van der Waals surface area contributed by atoms with Gasteiger partial charge in [-0.25, -0.2) is 0 Å². The van der Waals surface area contributed by atoms with Crippen molar-refractivity contribution in [3.63, 3.8) is 0 Å². The van der Waals surface area contributed by atoms with Crippen LogP contribution in [0, 0.1) is 0 Å². The van der Waals surface area contributed by atoms with Gasteiger partial charge >= 0.3 is 12.7 Å². The van der Waals surface area contributed by atoms with Crippen LogP contribution in [-0.2, 0) is 0 Å². The topological polar surface area (TPSA) is 18.5 Å². The first-order valence-electron chi connectivity index (χ1n) is 6.39. The van der Waals surface area contributed by atoms with Gasteiger partial charge < -0.3 is 9.47 Å². The highest BCUT2D eigenvalue weighted by Gasteiger charge is 2.31. The molecule has 2 rings (SSSR count). The molecular weight excluding hydrogens is 406 g/mol. The van der Waals surface area contributed by atoms with Gasteiger partial charge in [0.25, 0.3) is 0 Å². The highest BCUT2D eigenvalue weighted by Crippen LogP contribution is 2.34. The number of benzene rings is 2. The average Bonchev–Trinajstić information content (AvgIpc) is 2.45. The van der Waals surface area contributed by atoms with E-state index in [0.29, 0.717) is 11.1 Å². The molecule has 0 aromatic heterocycles. The Morgan fingerprint density at radius 1 is 0.625 bits per heavy atom. The molecule has 0 spiro atoms. The van der Waals surface area contributed by atoms with Crippen molar-refractivity contribution in [2.75, 3.05) is 0 Å². The Bertz CT molecular complexity index is 605. The highest BCUT2D eigenvalue weighted by molar-refractivity contribution is 9.09. The molecule has 0 heterocycles. The second-order valence-corrected chi connectivity index (χ2v) is 5.51. The van der Waals surface area contributed by atoms with E-state index in [1.54, 1.807) is 0 Å². The summed E-state index contributed by atoms with van der Waals surface area (Å²) in [6, 6.07) is 10.3. The molecule has 24 heavy (non-hydrogen) atoms. The SMILES string of the molecule is FC(F)(F)Oc1ccc(C(Br)c2ccc(OC(F)(F)F)cc2)cc1. The van der Waals surface area contributed by atoms with Crippen molar-refractivity contribution in [1.82, 2.24) is 0 Å². The lowest BCUT2D eigenvalue weighted by Crippen LogP contribution is -2.17. The van der Waals surface area contributed by atoms with Crippen molar-refractivity contribution in [2.24, 2.45) is 0 Å². The molecule has 2 aromatic carbocycles. The van der Waals surface area contributed by atoms with Gasteiger partial charge in [0, 0.05) is 0 Å². The minimum absolute atomic E-state index is 0.361. The van der Waals surface area contributed by atoms with Gasteiger partial charge in [-0.15, -0.1) is 26.3 Å². The van der Waals surface area contributed by atoms with E-state index >= 15 is 0 Å². The molecule has 0 radical (unpaired) electrons. The molecule has 0 saturated heterocycles. The van der Waals surface area contributed by atoms with E-state index in [1.165, 1.54) is 24.3 Å². The van der Waals surface area contributed by atoms with Gasteiger partial charge in [-0.3, -0.25) is 0 Å². The largest absolute Gasteiger partial charge is 0.573 e. The molecule has 0 atom stereocenters. The summed E-state index contributed by atoms with van der Waals surface area (Å²) in [5.74, 6) is -0.722. The molecule has 2 nitrogen and oxygen atoms in total. The lowest BCUT2D eigenvalue weighted by molar-refractivity contribution is -0.275. The van der Waals surface area contributed by atoms with E-state index in [0.717, 1.165) is 24.3 Å². The third kappa shape index (κ3) is 5.63. The maximum Gasteiger partial charge on any atom is 0.573 e. The predicted octanol–water partition coefficient (Wildman–Crippen LogP) is 5.97. The minimum Gasteiger partial charge on any atom is -0.406 e. The van der Waals surface area contributed by atoms with Crippen LogP contribution in [0.25, 0.3) is 0 Å². The Labute approximate surface area is 141 Å². The summed E-state index contributed by atoms with van der Waals surface area (Å²) in [6.07, 6.45) is -9.55. The first-order valence-corrected chi connectivity index (χ1v) is 7.30. The van der Waals surface area contributed by atoms with Crippen LogP contribution in [0.5, 0.6) is 11.5 Å². The summed E-state index contributed by atoms with van der Waals surface area (Å²) < 4.78 is 80.1. The van der Waals surface area contributed by atoms with Crippen LogP contribution in [0.4, 0.5) is 26.3 Å². The van der Waals surface area contributed by atoms with Gasteiger partial charge in [0.05, 0.1) is 4.83 Å². The second kappa shape index (κ2) is 6.92. The summed E-state index contributed by atoms with van der Waals surface area (Å²) >= 11 is 3.34. The van der Waals surface area contributed by atoms with Gasteiger partial charge in [0.1, 0.15) is 11.5 Å². The van der Waals surface area contributed by atoms with E-state index < -0.39 is 17.6 Å². The number of hydrogen-bond acceptors (Lipinski definition) is 2. The molecule has 0 saturated carbocycles. The van der Waals surface area contributed by atoms with Crippen LogP contribution in [0.3, 0.4) is 0 Å². The lowest BCUT2D eigenvalue weighted by atomic mass is 10.0. The van der Waals surface area contributed by atoms with Gasteiger partial charge in [0.15, 0.2) is 0 Å². The molecule has 0 amide bonds. The standard InChI is InChI=1S/C15H9BrF6O2/c16-13(9-1-5-11(6-2-9)23-14(17,18)19)10-3-7-12(8-4-10)24-15(20,21)22/h1-8,13H. The third-order valence-electron chi connectivity index (χ3n) is 2.81. The van der Waals surface area contributed by atoms with Crippen molar-refractivity contribution < 1.29 is 35.8 Å². The number of alkyl halides is 7. The number of hydrogen-bond donors (Lipinski definition) is 0. The molecule has 0 aliphatic rings. The van der Waals surface area contributed by atoms with Crippen LogP contribution in [0.1, 0.15) is 16.0 Å². The Morgan fingerprint density at radius 2 is 0.917 bits per heavy atom. The predicted molar refractivity (Wildman–Crippen MR) is 77.0 cm³/mol. The third-order valence-corrected chi connectivity index (χ3v) is 3.87. The monoisotopic (exact) mass is 414 g/mol. The molecule has 0 bridgehead atoms. The van der Waals surface area contributed by atoms with Crippen LogP contribution >= 0.6 is 15.9 Å². The fraction of sp³-hybridized carbons (Fsp3) is 0.200. The van der Waals surface area contributed by atoms with Crippen molar-refractivity contribution >= 4 is 15.9 Å². The van der Waals surface area contributed by atoms with Crippen molar-refractivity contribution in [2.45, 2.75) is 17.6 Å². The molecule has 130 valence electrons. The van der Waals surface area contributed by atoms with Gasteiger partial charge in [0.2, 0.25) is 0 Å². The van der Waals surface area contributed by atoms with E-state index in [2.05, 4.69) is 25.4 Å².